The van der Waals surface area contributed by atoms with Crippen molar-refractivity contribution < 1.29 is 4.79 Å². The molecule has 0 fully saturated rings. The Morgan fingerprint density at radius 1 is 1.39 bits per heavy atom. The minimum absolute atomic E-state index is 0.279. The number of carbonyl (C=O) groups excluding carboxylic acids is 1. The number of hydrogen-bond donors (Lipinski definition) is 2. The van der Waals surface area contributed by atoms with Crippen molar-refractivity contribution in [2.45, 2.75) is 0 Å². The zero-order valence-corrected chi connectivity index (χ0v) is 11.0. The number of amides is 1. The number of anilines is 1. The van der Waals surface area contributed by atoms with E-state index >= 15 is 0 Å². The molecule has 94 valence electrons. The Kier molecular flexibility index (Phi) is 3.45. The van der Waals surface area contributed by atoms with E-state index < -0.39 is 0 Å². The van der Waals surface area contributed by atoms with E-state index in [1.807, 2.05) is 0 Å². The molecule has 3 N–H and O–H groups in total. The summed E-state index contributed by atoms with van der Waals surface area (Å²) in [5, 5.41) is 7.32. The van der Waals surface area contributed by atoms with Gasteiger partial charge >= 0.3 is 0 Å². The molecule has 0 atom stereocenters. The predicted octanol–water partition coefficient (Wildman–Crippen LogP) is 2.12. The molecule has 0 aliphatic carbocycles. The van der Waals surface area contributed by atoms with Gasteiger partial charge in [-0.15, -0.1) is 0 Å². The molecule has 0 radical (unpaired) electrons. The van der Waals surface area contributed by atoms with Gasteiger partial charge in [-0.2, -0.15) is 5.10 Å². The predicted molar refractivity (Wildman–Crippen MR) is 71.4 cm³/mol. The Balaban J connectivity index is 2.49. The van der Waals surface area contributed by atoms with Crippen molar-refractivity contribution in [2.24, 2.45) is 0 Å². The minimum atomic E-state index is -0.281. The standard InChI is InChI=1S/C11H10Cl2N4O/c1-15-11(18)9-2-3-17(16-9)10-7(12)4-6(14)5-8(10)13/h2-5H,14H2,1H3,(H,15,18). The lowest BCUT2D eigenvalue weighted by Crippen LogP contribution is -2.18. The van der Waals surface area contributed by atoms with Crippen LogP contribution in [-0.2, 0) is 0 Å². The molecule has 7 heteroatoms. The lowest BCUT2D eigenvalue weighted by molar-refractivity contribution is 0.0957. The van der Waals surface area contributed by atoms with E-state index in [4.69, 9.17) is 28.9 Å². The van der Waals surface area contributed by atoms with E-state index in [0.29, 0.717) is 21.4 Å². The summed E-state index contributed by atoms with van der Waals surface area (Å²) in [5.41, 5.74) is 6.85. The number of nitrogen functional groups attached to an aromatic ring is 1. The zero-order chi connectivity index (χ0) is 13.3. The van der Waals surface area contributed by atoms with Gasteiger partial charge in [0.1, 0.15) is 5.69 Å². The maximum absolute atomic E-state index is 11.4. The van der Waals surface area contributed by atoms with Crippen molar-refractivity contribution in [3.05, 3.63) is 40.1 Å². The third kappa shape index (κ3) is 2.27. The highest BCUT2D eigenvalue weighted by atomic mass is 35.5. The average Bonchev–Trinajstić information content (AvgIpc) is 2.76. The third-order valence-corrected chi connectivity index (χ3v) is 2.89. The molecular formula is C11H10Cl2N4O. The topological polar surface area (TPSA) is 72.9 Å². The van der Waals surface area contributed by atoms with Crippen LogP contribution in [-0.4, -0.2) is 22.7 Å². The summed E-state index contributed by atoms with van der Waals surface area (Å²) in [7, 11) is 1.53. The molecule has 0 aliphatic rings. The Labute approximate surface area is 113 Å². The summed E-state index contributed by atoms with van der Waals surface area (Å²) >= 11 is 12.1. The number of nitrogens with two attached hydrogens (primary N) is 1. The fraction of sp³-hybridized carbons (Fsp3) is 0.0909. The van der Waals surface area contributed by atoms with Crippen molar-refractivity contribution in [1.82, 2.24) is 15.1 Å². The molecule has 1 amide bonds. The Morgan fingerprint density at radius 2 is 2.00 bits per heavy atom. The van der Waals surface area contributed by atoms with E-state index in [-0.39, 0.29) is 11.6 Å². The molecule has 0 aliphatic heterocycles. The smallest absolute Gasteiger partial charge is 0.271 e. The number of nitrogens with zero attached hydrogens (tertiary/aromatic N) is 2. The second-order valence-corrected chi connectivity index (χ2v) is 4.37. The Hall–Kier alpha value is -1.72. The first kappa shape index (κ1) is 12.7. The molecule has 2 aromatic rings. The van der Waals surface area contributed by atoms with Crippen molar-refractivity contribution in [1.29, 1.82) is 0 Å². The minimum Gasteiger partial charge on any atom is -0.399 e. The van der Waals surface area contributed by atoms with Gasteiger partial charge < -0.3 is 11.1 Å². The van der Waals surface area contributed by atoms with Crippen LogP contribution in [0.1, 0.15) is 10.5 Å². The van der Waals surface area contributed by atoms with Gasteiger partial charge in [-0.25, -0.2) is 4.68 Å². The number of hydrogen-bond acceptors (Lipinski definition) is 3. The lowest BCUT2D eigenvalue weighted by atomic mass is 10.3. The van der Waals surface area contributed by atoms with Crippen LogP contribution in [0.25, 0.3) is 5.69 Å². The fourth-order valence-corrected chi connectivity index (χ4v) is 2.18. The molecule has 18 heavy (non-hydrogen) atoms. The molecule has 0 bridgehead atoms. The molecular weight excluding hydrogens is 275 g/mol. The van der Waals surface area contributed by atoms with Gasteiger partial charge in [0.05, 0.1) is 10.0 Å². The van der Waals surface area contributed by atoms with Crippen LogP contribution < -0.4 is 11.1 Å². The van der Waals surface area contributed by atoms with Crippen LogP contribution in [0, 0.1) is 0 Å². The molecule has 0 spiro atoms. The molecule has 1 heterocycles. The van der Waals surface area contributed by atoms with E-state index in [2.05, 4.69) is 10.4 Å². The fourth-order valence-electron chi connectivity index (χ4n) is 1.50. The van der Waals surface area contributed by atoms with Gasteiger partial charge in [-0.05, 0) is 18.2 Å². The number of carbonyl (C=O) groups is 1. The SMILES string of the molecule is CNC(=O)c1ccn(-c2c(Cl)cc(N)cc2Cl)n1. The van der Waals surface area contributed by atoms with Gasteiger partial charge in [-0.1, -0.05) is 23.2 Å². The van der Waals surface area contributed by atoms with Gasteiger partial charge in [0.15, 0.2) is 5.69 Å². The van der Waals surface area contributed by atoms with Gasteiger partial charge in [0.25, 0.3) is 5.91 Å². The van der Waals surface area contributed by atoms with Crippen molar-refractivity contribution in [3.63, 3.8) is 0 Å². The largest absolute Gasteiger partial charge is 0.399 e. The van der Waals surface area contributed by atoms with E-state index in [1.54, 1.807) is 24.4 Å². The van der Waals surface area contributed by atoms with E-state index in [9.17, 15) is 4.79 Å². The summed E-state index contributed by atoms with van der Waals surface area (Å²) in [5.74, 6) is -0.281. The zero-order valence-electron chi connectivity index (χ0n) is 9.45. The summed E-state index contributed by atoms with van der Waals surface area (Å²) < 4.78 is 1.44. The quantitative estimate of drug-likeness (QED) is 0.830. The summed E-state index contributed by atoms with van der Waals surface area (Å²) in [6.07, 6.45) is 1.61. The number of rotatable bonds is 2. The first-order chi connectivity index (χ1) is 8.52. The van der Waals surface area contributed by atoms with Crippen LogP contribution in [0.5, 0.6) is 0 Å². The maximum atomic E-state index is 11.4. The van der Waals surface area contributed by atoms with Gasteiger partial charge in [0.2, 0.25) is 0 Å². The van der Waals surface area contributed by atoms with Crippen LogP contribution in [0.15, 0.2) is 24.4 Å². The lowest BCUT2D eigenvalue weighted by Gasteiger charge is -2.08. The number of aromatic nitrogens is 2. The molecule has 5 nitrogen and oxygen atoms in total. The third-order valence-electron chi connectivity index (χ3n) is 2.32. The maximum Gasteiger partial charge on any atom is 0.271 e. The Bertz CT molecular complexity index is 586. The van der Waals surface area contributed by atoms with Gasteiger partial charge in [-0.3, -0.25) is 4.79 Å². The summed E-state index contributed by atoms with van der Waals surface area (Å²) in [6, 6.07) is 4.72. The number of halogens is 2. The highest BCUT2D eigenvalue weighted by Gasteiger charge is 2.13. The molecule has 1 aromatic heterocycles. The van der Waals surface area contributed by atoms with Gasteiger partial charge in [0, 0.05) is 18.9 Å². The Morgan fingerprint density at radius 3 is 2.56 bits per heavy atom. The average molecular weight is 285 g/mol. The van der Waals surface area contributed by atoms with Crippen molar-refractivity contribution in [2.75, 3.05) is 12.8 Å². The molecule has 2 rings (SSSR count). The second kappa shape index (κ2) is 4.88. The molecule has 0 unspecified atom stereocenters. The number of benzene rings is 1. The normalized spacial score (nSPS) is 10.4. The van der Waals surface area contributed by atoms with Crippen LogP contribution >= 0.6 is 23.2 Å². The summed E-state index contributed by atoms with van der Waals surface area (Å²) in [4.78, 5) is 11.4. The van der Waals surface area contributed by atoms with Crippen LogP contribution in [0.3, 0.4) is 0 Å². The molecule has 0 saturated carbocycles. The number of nitrogens with one attached hydrogen (secondary N) is 1. The van der Waals surface area contributed by atoms with Crippen molar-refractivity contribution >= 4 is 34.8 Å². The van der Waals surface area contributed by atoms with Crippen LogP contribution in [0.2, 0.25) is 10.0 Å². The van der Waals surface area contributed by atoms with E-state index in [1.165, 1.54) is 11.7 Å². The molecule has 0 saturated heterocycles. The second-order valence-electron chi connectivity index (χ2n) is 3.56. The molecule has 1 aromatic carbocycles. The first-order valence-electron chi connectivity index (χ1n) is 5.05. The van der Waals surface area contributed by atoms with E-state index in [0.717, 1.165) is 0 Å². The first-order valence-corrected chi connectivity index (χ1v) is 5.81. The highest BCUT2D eigenvalue weighted by Crippen LogP contribution is 2.30. The highest BCUT2D eigenvalue weighted by molar-refractivity contribution is 6.38. The van der Waals surface area contributed by atoms with Crippen LogP contribution in [0.4, 0.5) is 5.69 Å². The van der Waals surface area contributed by atoms with Crippen molar-refractivity contribution in [3.8, 4) is 5.69 Å². The summed E-state index contributed by atoms with van der Waals surface area (Å²) in [6.45, 7) is 0. The monoisotopic (exact) mass is 284 g/mol.